The number of nitrogens with one attached hydrogen (secondary N) is 1. The van der Waals surface area contributed by atoms with Gasteiger partial charge in [0, 0.05) is 30.8 Å². The molecule has 0 aliphatic carbocycles. The zero-order valence-corrected chi connectivity index (χ0v) is 9.56. The van der Waals surface area contributed by atoms with Crippen molar-refractivity contribution in [2.75, 3.05) is 5.32 Å². The molecule has 0 atom stereocenters. The van der Waals surface area contributed by atoms with Crippen LogP contribution in [0.25, 0.3) is 0 Å². The van der Waals surface area contributed by atoms with Crippen molar-refractivity contribution >= 4 is 5.69 Å². The first-order valence-corrected chi connectivity index (χ1v) is 5.68. The summed E-state index contributed by atoms with van der Waals surface area (Å²) >= 11 is 0. The van der Waals surface area contributed by atoms with Crippen LogP contribution in [0.3, 0.4) is 0 Å². The first-order chi connectivity index (χ1) is 7.90. The molecule has 0 bridgehead atoms. The summed E-state index contributed by atoms with van der Waals surface area (Å²) in [5.41, 5.74) is 2.37. The highest BCUT2D eigenvalue weighted by atomic mass is 15.0. The lowest BCUT2D eigenvalue weighted by Gasteiger charge is -2.09. The van der Waals surface area contributed by atoms with E-state index in [1.165, 1.54) is 5.69 Å². The third-order valence-electron chi connectivity index (χ3n) is 2.52. The van der Waals surface area contributed by atoms with Crippen molar-refractivity contribution < 1.29 is 0 Å². The quantitative estimate of drug-likeness (QED) is 0.831. The minimum absolute atomic E-state index is 0.846. The fraction of sp³-hybridized carbons (Fsp3) is 0.308. The lowest BCUT2D eigenvalue weighted by atomic mass is 10.3. The van der Waals surface area contributed by atoms with Crippen LogP contribution < -0.4 is 5.32 Å². The van der Waals surface area contributed by atoms with Gasteiger partial charge in [-0.25, -0.2) is 0 Å². The molecule has 0 unspecified atom stereocenters. The molecule has 2 heterocycles. The van der Waals surface area contributed by atoms with Crippen molar-refractivity contribution in [2.24, 2.45) is 0 Å². The zero-order valence-electron chi connectivity index (χ0n) is 9.56. The Bertz CT molecular complexity index is 420. The van der Waals surface area contributed by atoms with Gasteiger partial charge in [0.15, 0.2) is 0 Å². The molecule has 0 aliphatic rings. The lowest BCUT2D eigenvalue weighted by Crippen LogP contribution is -2.06. The second kappa shape index (κ2) is 5.35. The number of aryl methyl sites for hydroxylation is 1. The average Bonchev–Trinajstić information content (AvgIpc) is 2.76. The van der Waals surface area contributed by atoms with Gasteiger partial charge in [0.2, 0.25) is 0 Å². The topological polar surface area (TPSA) is 29.9 Å². The van der Waals surface area contributed by atoms with Gasteiger partial charge in [0.05, 0.1) is 12.2 Å². The Kier molecular flexibility index (Phi) is 3.59. The summed E-state index contributed by atoms with van der Waals surface area (Å²) in [4.78, 5) is 4.07. The molecule has 16 heavy (non-hydrogen) atoms. The van der Waals surface area contributed by atoms with Crippen molar-refractivity contribution in [2.45, 2.75) is 26.4 Å². The summed E-state index contributed by atoms with van der Waals surface area (Å²) in [6, 6.07) is 8.21. The van der Waals surface area contributed by atoms with Gasteiger partial charge in [-0.05, 0) is 30.7 Å². The van der Waals surface area contributed by atoms with E-state index >= 15 is 0 Å². The maximum Gasteiger partial charge on any atom is 0.0553 e. The number of hydrogen-bond acceptors (Lipinski definition) is 2. The Morgan fingerprint density at radius 1 is 1.31 bits per heavy atom. The number of aromatic nitrogens is 2. The van der Waals surface area contributed by atoms with Crippen LogP contribution in [0.1, 0.15) is 19.0 Å². The molecule has 0 amide bonds. The standard InChI is InChI=1S/C13H17N3/c1-2-8-16-9-4-6-13(16)11-15-12-5-3-7-14-10-12/h3-7,9-10,15H,2,8,11H2,1H3. The molecule has 3 nitrogen and oxygen atoms in total. The molecule has 0 radical (unpaired) electrons. The third kappa shape index (κ3) is 2.63. The zero-order chi connectivity index (χ0) is 11.2. The van der Waals surface area contributed by atoms with Crippen LogP contribution in [0.15, 0.2) is 42.9 Å². The van der Waals surface area contributed by atoms with Crippen molar-refractivity contribution in [3.05, 3.63) is 48.5 Å². The van der Waals surface area contributed by atoms with E-state index in [1.54, 1.807) is 6.20 Å². The fourth-order valence-corrected chi connectivity index (χ4v) is 1.73. The summed E-state index contributed by atoms with van der Waals surface area (Å²) in [5, 5.41) is 3.36. The Morgan fingerprint density at radius 2 is 2.25 bits per heavy atom. The normalized spacial score (nSPS) is 10.3. The molecule has 3 heteroatoms. The Hall–Kier alpha value is -1.77. The minimum Gasteiger partial charge on any atom is -0.378 e. The van der Waals surface area contributed by atoms with Gasteiger partial charge < -0.3 is 9.88 Å². The highest BCUT2D eigenvalue weighted by Crippen LogP contribution is 2.08. The molecule has 2 aromatic heterocycles. The molecular formula is C13H17N3. The van der Waals surface area contributed by atoms with E-state index < -0.39 is 0 Å². The molecule has 2 rings (SSSR count). The molecule has 2 aromatic rings. The highest BCUT2D eigenvalue weighted by molar-refractivity contribution is 5.40. The summed E-state index contributed by atoms with van der Waals surface area (Å²) in [5.74, 6) is 0. The Labute approximate surface area is 96.1 Å². The van der Waals surface area contributed by atoms with Gasteiger partial charge >= 0.3 is 0 Å². The highest BCUT2D eigenvalue weighted by Gasteiger charge is 1.99. The van der Waals surface area contributed by atoms with Crippen LogP contribution >= 0.6 is 0 Å². The number of pyridine rings is 1. The molecule has 0 aliphatic heterocycles. The van der Waals surface area contributed by atoms with E-state index in [0.717, 1.165) is 25.2 Å². The van der Waals surface area contributed by atoms with E-state index in [1.807, 2.05) is 18.3 Å². The Balaban J connectivity index is 1.97. The second-order valence-electron chi connectivity index (χ2n) is 3.79. The van der Waals surface area contributed by atoms with E-state index in [9.17, 15) is 0 Å². The smallest absolute Gasteiger partial charge is 0.0553 e. The van der Waals surface area contributed by atoms with Gasteiger partial charge in [-0.2, -0.15) is 0 Å². The van der Waals surface area contributed by atoms with Crippen LogP contribution in [0.4, 0.5) is 5.69 Å². The summed E-state index contributed by atoms with van der Waals surface area (Å²) in [6.07, 6.45) is 6.91. The first-order valence-electron chi connectivity index (χ1n) is 5.68. The SMILES string of the molecule is CCCn1cccc1CNc1cccnc1. The summed E-state index contributed by atoms with van der Waals surface area (Å²) in [6.45, 7) is 4.12. The van der Waals surface area contributed by atoms with Crippen LogP contribution in [0.2, 0.25) is 0 Å². The monoisotopic (exact) mass is 215 g/mol. The van der Waals surface area contributed by atoms with Gasteiger partial charge in [-0.3, -0.25) is 4.98 Å². The predicted octanol–water partition coefficient (Wildman–Crippen LogP) is 2.91. The third-order valence-corrected chi connectivity index (χ3v) is 2.52. The number of nitrogens with zero attached hydrogens (tertiary/aromatic N) is 2. The van der Waals surface area contributed by atoms with Crippen molar-refractivity contribution in [3.63, 3.8) is 0 Å². The van der Waals surface area contributed by atoms with Gasteiger partial charge in [0.25, 0.3) is 0 Å². The maximum absolute atomic E-state index is 4.07. The summed E-state index contributed by atoms with van der Waals surface area (Å²) in [7, 11) is 0. The number of hydrogen-bond donors (Lipinski definition) is 1. The molecule has 0 aromatic carbocycles. The number of anilines is 1. The van der Waals surface area contributed by atoms with Crippen LogP contribution in [-0.2, 0) is 13.1 Å². The fourth-order valence-electron chi connectivity index (χ4n) is 1.73. The van der Waals surface area contributed by atoms with Crippen LogP contribution in [0, 0.1) is 0 Å². The van der Waals surface area contributed by atoms with Gasteiger partial charge in [0.1, 0.15) is 0 Å². The number of rotatable bonds is 5. The molecule has 0 saturated carbocycles. The van der Waals surface area contributed by atoms with Crippen LogP contribution in [0.5, 0.6) is 0 Å². The molecule has 1 N–H and O–H groups in total. The minimum atomic E-state index is 0.846. The van der Waals surface area contributed by atoms with E-state index in [0.29, 0.717) is 0 Å². The van der Waals surface area contributed by atoms with E-state index in [2.05, 4.69) is 40.1 Å². The first kappa shape index (κ1) is 10.7. The maximum atomic E-state index is 4.07. The van der Waals surface area contributed by atoms with Crippen molar-refractivity contribution in [1.29, 1.82) is 0 Å². The predicted molar refractivity (Wildman–Crippen MR) is 66.3 cm³/mol. The molecule has 84 valence electrons. The molecule has 0 saturated heterocycles. The van der Waals surface area contributed by atoms with E-state index in [4.69, 9.17) is 0 Å². The molecule has 0 fully saturated rings. The Morgan fingerprint density at radius 3 is 3.00 bits per heavy atom. The average molecular weight is 215 g/mol. The summed E-state index contributed by atoms with van der Waals surface area (Å²) < 4.78 is 2.28. The lowest BCUT2D eigenvalue weighted by molar-refractivity contribution is 0.654. The largest absolute Gasteiger partial charge is 0.378 e. The van der Waals surface area contributed by atoms with E-state index in [-0.39, 0.29) is 0 Å². The second-order valence-corrected chi connectivity index (χ2v) is 3.79. The van der Waals surface area contributed by atoms with Crippen LogP contribution in [-0.4, -0.2) is 9.55 Å². The van der Waals surface area contributed by atoms with Crippen molar-refractivity contribution in [3.8, 4) is 0 Å². The van der Waals surface area contributed by atoms with Gasteiger partial charge in [-0.1, -0.05) is 6.92 Å². The molecule has 0 spiro atoms. The molecular weight excluding hydrogens is 198 g/mol. The van der Waals surface area contributed by atoms with Crippen molar-refractivity contribution in [1.82, 2.24) is 9.55 Å². The van der Waals surface area contributed by atoms with Gasteiger partial charge in [-0.15, -0.1) is 0 Å².